The Morgan fingerprint density at radius 3 is 2.59 bits per heavy atom. The third-order valence-corrected chi connectivity index (χ3v) is 2.77. The number of phenolic OH excluding ortho intramolecular Hbond substituents is 1. The van der Waals surface area contributed by atoms with E-state index < -0.39 is 0 Å². The number of esters is 1. The monoisotopic (exact) mass is 237 g/mol. The molecule has 1 aromatic carbocycles. The molecule has 4 heteroatoms. The zero-order valence-corrected chi connectivity index (χ0v) is 10.7. The van der Waals surface area contributed by atoms with Gasteiger partial charge < -0.3 is 15.2 Å². The summed E-state index contributed by atoms with van der Waals surface area (Å²) in [4.78, 5) is 11.5. The summed E-state index contributed by atoms with van der Waals surface area (Å²) in [5, 5.41) is 12.7. The van der Waals surface area contributed by atoms with Gasteiger partial charge in [0.05, 0.1) is 7.11 Å². The number of rotatable bonds is 4. The van der Waals surface area contributed by atoms with Crippen LogP contribution >= 0.6 is 0 Å². The summed E-state index contributed by atoms with van der Waals surface area (Å²) >= 11 is 0. The number of hydrogen-bond donors (Lipinski definition) is 2. The molecule has 1 aromatic rings. The number of anilines is 1. The highest BCUT2D eigenvalue weighted by molar-refractivity contribution is 5.79. The largest absolute Gasteiger partial charge is 0.508 e. The number of benzene rings is 1. The number of aryl methyl sites for hydroxylation is 2. The first-order valence-corrected chi connectivity index (χ1v) is 5.64. The summed E-state index contributed by atoms with van der Waals surface area (Å²) in [6, 6.07) is 3.15. The van der Waals surface area contributed by atoms with E-state index in [4.69, 9.17) is 4.74 Å². The van der Waals surface area contributed by atoms with Crippen LogP contribution in [0.2, 0.25) is 0 Å². The van der Waals surface area contributed by atoms with Crippen molar-refractivity contribution in [1.29, 1.82) is 0 Å². The maximum Gasteiger partial charge on any atom is 0.328 e. The quantitative estimate of drug-likeness (QED) is 0.623. The van der Waals surface area contributed by atoms with Crippen molar-refractivity contribution >= 4 is 11.7 Å². The first kappa shape index (κ1) is 13.4. The Morgan fingerprint density at radius 1 is 1.41 bits per heavy atom. The second-order valence-electron chi connectivity index (χ2n) is 4.08. The Bertz CT molecular complexity index is 415. The fourth-order valence-corrected chi connectivity index (χ4v) is 1.61. The molecule has 4 nitrogen and oxygen atoms in total. The van der Waals surface area contributed by atoms with Crippen LogP contribution in [-0.4, -0.2) is 24.2 Å². The molecule has 0 aliphatic heterocycles. The molecule has 0 fully saturated rings. The van der Waals surface area contributed by atoms with Gasteiger partial charge in [-0.1, -0.05) is 6.92 Å². The summed E-state index contributed by atoms with van der Waals surface area (Å²) < 4.78 is 4.72. The second kappa shape index (κ2) is 5.57. The molecule has 1 unspecified atom stereocenters. The van der Waals surface area contributed by atoms with Gasteiger partial charge in [0.1, 0.15) is 11.8 Å². The highest BCUT2D eigenvalue weighted by Crippen LogP contribution is 2.25. The number of nitrogens with one attached hydrogen (secondary N) is 1. The van der Waals surface area contributed by atoms with Crippen molar-refractivity contribution in [3.05, 3.63) is 23.3 Å². The standard InChI is InChI=1S/C13H19NO3/c1-5-10(13(16)17-4)14-11-6-9(3)12(15)7-8(11)2/h6-7,10,14-15H,5H2,1-4H3. The van der Waals surface area contributed by atoms with Gasteiger partial charge in [-0.15, -0.1) is 0 Å². The maximum absolute atomic E-state index is 11.5. The van der Waals surface area contributed by atoms with Crippen LogP contribution in [0.5, 0.6) is 5.75 Å². The molecule has 1 atom stereocenters. The van der Waals surface area contributed by atoms with E-state index in [1.165, 1.54) is 7.11 Å². The van der Waals surface area contributed by atoms with Gasteiger partial charge in [0.2, 0.25) is 0 Å². The number of carbonyl (C=O) groups is 1. The molecule has 0 aromatic heterocycles. The van der Waals surface area contributed by atoms with Crippen LogP contribution in [0, 0.1) is 13.8 Å². The number of phenols is 1. The normalized spacial score (nSPS) is 12.0. The molecule has 0 amide bonds. The fourth-order valence-electron chi connectivity index (χ4n) is 1.61. The molecule has 94 valence electrons. The Hall–Kier alpha value is -1.71. The molecule has 0 radical (unpaired) electrons. The number of hydrogen-bond acceptors (Lipinski definition) is 4. The van der Waals surface area contributed by atoms with Gasteiger partial charge in [-0.3, -0.25) is 0 Å². The van der Waals surface area contributed by atoms with Crippen LogP contribution in [0.15, 0.2) is 12.1 Å². The van der Waals surface area contributed by atoms with Crippen molar-refractivity contribution in [3.63, 3.8) is 0 Å². The van der Waals surface area contributed by atoms with Gasteiger partial charge in [-0.05, 0) is 43.5 Å². The van der Waals surface area contributed by atoms with Crippen molar-refractivity contribution in [2.24, 2.45) is 0 Å². The van der Waals surface area contributed by atoms with Gasteiger partial charge in [-0.2, -0.15) is 0 Å². The van der Waals surface area contributed by atoms with Crippen LogP contribution < -0.4 is 5.32 Å². The summed E-state index contributed by atoms with van der Waals surface area (Å²) in [7, 11) is 1.38. The Kier molecular flexibility index (Phi) is 4.37. The van der Waals surface area contributed by atoms with Gasteiger partial charge in [0.25, 0.3) is 0 Å². The molecule has 0 aliphatic carbocycles. The smallest absolute Gasteiger partial charge is 0.328 e. The minimum atomic E-state index is -0.359. The van der Waals surface area contributed by atoms with E-state index in [9.17, 15) is 9.90 Å². The molecule has 0 heterocycles. The Labute approximate surface area is 102 Å². The molecule has 2 N–H and O–H groups in total. The van der Waals surface area contributed by atoms with E-state index in [1.54, 1.807) is 6.07 Å². The lowest BCUT2D eigenvalue weighted by atomic mass is 10.1. The molecular weight excluding hydrogens is 218 g/mol. The van der Waals surface area contributed by atoms with E-state index in [0.717, 1.165) is 16.8 Å². The molecule has 0 aliphatic rings. The zero-order valence-electron chi connectivity index (χ0n) is 10.7. The molecule has 0 saturated carbocycles. The summed E-state index contributed by atoms with van der Waals surface area (Å²) in [5.41, 5.74) is 2.52. The highest BCUT2D eigenvalue weighted by atomic mass is 16.5. The minimum Gasteiger partial charge on any atom is -0.508 e. The maximum atomic E-state index is 11.5. The molecule has 0 bridgehead atoms. The van der Waals surface area contributed by atoms with E-state index in [1.807, 2.05) is 26.8 Å². The van der Waals surface area contributed by atoms with E-state index in [0.29, 0.717) is 6.42 Å². The predicted octanol–water partition coefficient (Wildman–Crippen LogP) is 2.37. The van der Waals surface area contributed by atoms with Crippen molar-refractivity contribution in [1.82, 2.24) is 0 Å². The van der Waals surface area contributed by atoms with Gasteiger partial charge >= 0.3 is 5.97 Å². The molecule has 0 spiro atoms. The van der Waals surface area contributed by atoms with E-state index in [2.05, 4.69) is 5.32 Å². The average Bonchev–Trinajstić information content (AvgIpc) is 2.31. The third kappa shape index (κ3) is 3.12. The number of ether oxygens (including phenoxy) is 1. The zero-order chi connectivity index (χ0) is 13.0. The lowest BCUT2D eigenvalue weighted by Crippen LogP contribution is -2.30. The van der Waals surface area contributed by atoms with Crippen LogP contribution in [0.25, 0.3) is 0 Å². The van der Waals surface area contributed by atoms with E-state index in [-0.39, 0.29) is 17.8 Å². The van der Waals surface area contributed by atoms with Crippen molar-refractivity contribution in [3.8, 4) is 5.75 Å². The van der Waals surface area contributed by atoms with Crippen LogP contribution in [0.3, 0.4) is 0 Å². The van der Waals surface area contributed by atoms with Crippen LogP contribution in [0.4, 0.5) is 5.69 Å². The van der Waals surface area contributed by atoms with Gasteiger partial charge in [-0.25, -0.2) is 4.79 Å². The van der Waals surface area contributed by atoms with Crippen LogP contribution in [-0.2, 0) is 9.53 Å². The topological polar surface area (TPSA) is 58.6 Å². The lowest BCUT2D eigenvalue weighted by Gasteiger charge is -2.18. The number of aromatic hydroxyl groups is 1. The van der Waals surface area contributed by atoms with Crippen molar-refractivity contribution in [2.75, 3.05) is 12.4 Å². The SMILES string of the molecule is CCC(Nc1cc(C)c(O)cc1C)C(=O)OC. The summed E-state index contributed by atoms with van der Waals surface area (Å²) in [6.45, 7) is 5.61. The molecule has 0 saturated heterocycles. The fraction of sp³-hybridized carbons (Fsp3) is 0.462. The minimum absolute atomic E-state index is 0.263. The highest BCUT2D eigenvalue weighted by Gasteiger charge is 2.17. The number of methoxy groups -OCH3 is 1. The van der Waals surface area contributed by atoms with Gasteiger partial charge in [0, 0.05) is 5.69 Å². The van der Waals surface area contributed by atoms with E-state index >= 15 is 0 Å². The van der Waals surface area contributed by atoms with Crippen molar-refractivity contribution in [2.45, 2.75) is 33.2 Å². The molecular formula is C13H19NO3. The average molecular weight is 237 g/mol. The first-order chi connectivity index (χ1) is 7.99. The van der Waals surface area contributed by atoms with Crippen LogP contribution in [0.1, 0.15) is 24.5 Å². The molecule has 1 rings (SSSR count). The van der Waals surface area contributed by atoms with Crippen molar-refractivity contribution < 1.29 is 14.6 Å². The Morgan fingerprint density at radius 2 is 2.06 bits per heavy atom. The second-order valence-corrected chi connectivity index (χ2v) is 4.08. The predicted molar refractivity (Wildman–Crippen MR) is 67.3 cm³/mol. The van der Waals surface area contributed by atoms with Gasteiger partial charge in [0.15, 0.2) is 0 Å². The number of carbonyl (C=O) groups excluding carboxylic acids is 1. The lowest BCUT2D eigenvalue weighted by molar-refractivity contribution is -0.141. The summed E-state index contributed by atoms with van der Waals surface area (Å²) in [5.74, 6) is -0.0169. The first-order valence-electron chi connectivity index (χ1n) is 5.64. The third-order valence-electron chi connectivity index (χ3n) is 2.77. The Balaban J connectivity index is 2.94. The summed E-state index contributed by atoms with van der Waals surface area (Å²) in [6.07, 6.45) is 0.645. The molecule has 17 heavy (non-hydrogen) atoms.